The van der Waals surface area contributed by atoms with Crippen LogP contribution >= 0.6 is 0 Å². The van der Waals surface area contributed by atoms with Crippen molar-refractivity contribution in [2.24, 2.45) is 11.1 Å². The summed E-state index contributed by atoms with van der Waals surface area (Å²) >= 11 is 0. The molecule has 3 rings (SSSR count). The molecule has 1 aromatic carbocycles. The van der Waals surface area contributed by atoms with Gasteiger partial charge in [0.05, 0.1) is 5.71 Å². The minimum atomic E-state index is 0.578. The van der Waals surface area contributed by atoms with Gasteiger partial charge in [-0.3, -0.25) is 0 Å². The fourth-order valence-corrected chi connectivity index (χ4v) is 3.30. The van der Waals surface area contributed by atoms with Crippen LogP contribution in [0.15, 0.2) is 35.5 Å². The summed E-state index contributed by atoms with van der Waals surface area (Å²) in [6.07, 6.45) is 4.85. The van der Waals surface area contributed by atoms with E-state index in [1.54, 1.807) is 0 Å². The van der Waals surface area contributed by atoms with Crippen molar-refractivity contribution in [2.45, 2.75) is 38.3 Å². The molecule has 2 unspecified atom stereocenters. The van der Waals surface area contributed by atoms with E-state index in [4.69, 9.17) is 4.84 Å². The molecule has 1 saturated heterocycles. The molecule has 0 bridgehead atoms. The molecule has 0 aromatic heterocycles. The van der Waals surface area contributed by atoms with E-state index in [0.29, 0.717) is 12.6 Å². The van der Waals surface area contributed by atoms with Gasteiger partial charge in [-0.1, -0.05) is 35.5 Å². The summed E-state index contributed by atoms with van der Waals surface area (Å²) in [4.78, 5) is 8.00. The average Bonchev–Trinajstić information content (AvgIpc) is 2.82. The molecule has 0 radical (unpaired) electrons. The maximum Gasteiger partial charge on any atom is 0.142 e. The van der Waals surface area contributed by atoms with E-state index in [1.807, 2.05) is 18.2 Å². The molecule has 3 nitrogen and oxygen atoms in total. The maximum atomic E-state index is 5.51. The Labute approximate surface area is 115 Å². The van der Waals surface area contributed by atoms with Crippen LogP contribution < -0.4 is 0 Å². The molecule has 1 aliphatic heterocycles. The quantitative estimate of drug-likeness (QED) is 0.778. The Morgan fingerprint density at radius 3 is 2.95 bits per heavy atom. The van der Waals surface area contributed by atoms with Crippen molar-refractivity contribution in [1.82, 2.24) is 4.90 Å². The van der Waals surface area contributed by atoms with Crippen molar-refractivity contribution in [3.63, 3.8) is 0 Å². The monoisotopic (exact) mass is 258 g/mol. The molecule has 1 heterocycles. The fraction of sp³-hybridized carbons (Fsp3) is 0.562. The Kier molecular flexibility index (Phi) is 3.83. The minimum Gasteiger partial charge on any atom is -0.391 e. The molecular formula is C16H22N2O. The van der Waals surface area contributed by atoms with Crippen molar-refractivity contribution < 1.29 is 4.84 Å². The second-order valence-corrected chi connectivity index (χ2v) is 5.76. The summed E-state index contributed by atoms with van der Waals surface area (Å²) in [6, 6.07) is 10.9. The molecule has 1 saturated carbocycles. The van der Waals surface area contributed by atoms with Crippen LogP contribution in [0.2, 0.25) is 0 Å². The third-order valence-electron chi connectivity index (χ3n) is 4.48. The third-order valence-corrected chi connectivity index (χ3v) is 4.48. The number of fused-ring (bicyclic) bond motifs is 1. The maximum absolute atomic E-state index is 5.51. The second-order valence-electron chi connectivity index (χ2n) is 5.76. The minimum absolute atomic E-state index is 0.578. The van der Waals surface area contributed by atoms with Gasteiger partial charge in [-0.2, -0.15) is 0 Å². The van der Waals surface area contributed by atoms with Crippen LogP contribution in [0.25, 0.3) is 0 Å². The molecule has 2 atom stereocenters. The highest BCUT2D eigenvalue weighted by molar-refractivity contribution is 5.85. The summed E-state index contributed by atoms with van der Waals surface area (Å²) in [5.74, 6) is 0.887. The first-order valence-electron chi connectivity index (χ1n) is 7.25. The first-order valence-corrected chi connectivity index (χ1v) is 7.25. The lowest BCUT2D eigenvalue weighted by Crippen LogP contribution is -2.35. The lowest BCUT2D eigenvalue weighted by Gasteiger charge is -2.29. The number of benzene rings is 1. The molecule has 1 aliphatic carbocycles. The topological polar surface area (TPSA) is 24.8 Å². The summed E-state index contributed by atoms with van der Waals surface area (Å²) in [5, 5.41) is 4.36. The van der Waals surface area contributed by atoms with Crippen molar-refractivity contribution in [2.75, 3.05) is 13.6 Å². The smallest absolute Gasteiger partial charge is 0.142 e. The van der Waals surface area contributed by atoms with E-state index < -0.39 is 0 Å². The van der Waals surface area contributed by atoms with Crippen LogP contribution in [0.3, 0.4) is 0 Å². The number of likely N-dealkylation sites (tertiary alicyclic amines) is 1. The van der Waals surface area contributed by atoms with Crippen LogP contribution in [-0.2, 0) is 11.4 Å². The molecule has 19 heavy (non-hydrogen) atoms. The zero-order valence-electron chi connectivity index (χ0n) is 11.6. The van der Waals surface area contributed by atoms with Crippen molar-refractivity contribution in [3.8, 4) is 0 Å². The van der Waals surface area contributed by atoms with Gasteiger partial charge in [0.2, 0.25) is 0 Å². The van der Waals surface area contributed by atoms with Crippen LogP contribution in [0.1, 0.15) is 31.2 Å². The largest absolute Gasteiger partial charge is 0.391 e. The molecular weight excluding hydrogens is 236 g/mol. The normalized spacial score (nSPS) is 29.4. The molecule has 0 amide bonds. The second kappa shape index (κ2) is 5.74. The van der Waals surface area contributed by atoms with Gasteiger partial charge in [0.1, 0.15) is 6.61 Å². The predicted molar refractivity (Wildman–Crippen MR) is 77.0 cm³/mol. The molecule has 2 fully saturated rings. The van der Waals surface area contributed by atoms with Crippen molar-refractivity contribution in [3.05, 3.63) is 35.9 Å². The highest BCUT2D eigenvalue weighted by atomic mass is 16.6. The molecule has 1 aromatic rings. The Hall–Kier alpha value is -1.35. The van der Waals surface area contributed by atoms with E-state index in [-0.39, 0.29) is 0 Å². The average molecular weight is 258 g/mol. The van der Waals surface area contributed by atoms with E-state index in [0.717, 1.165) is 18.8 Å². The zero-order chi connectivity index (χ0) is 13.1. The standard InChI is InChI=1S/C16H22N2O/c1-18-10-9-14-7-8-15(11-16(14)18)17-19-12-13-5-3-2-4-6-13/h2-6,14,16H,7-12H2,1H3/b17-15+. The van der Waals surface area contributed by atoms with Gasteiger partial charge in [-0.25, -0.2) is 0 Å². The third kappa shape index (κ3) is 2.98. The first kappa shape index (κ1) is 12.7. The Morgan fingerprint density at radius 1 is 1.26 bits per heavy atom. The van der Waals surface area contributed by atoms with Gasteiger partial charge in [0.25, 0.3) is 0 Å². The number of oxime groups is 1. The van der Waals surface area contributed by atoms with Gasteiger partial charge in [0.15, 0.2) is 0 Å². The van der Waals surface area contributed by atoms with Crippen LogP contribution in [0, 0.1) is 5.92 Å². The summed E-state index contributed by atoms with van der Waals surface area (Å²) in [7, 11) is 2.23. The molecule has 3 heteroatoms. The van der Waals surface area contributed by atoms with Gasteiger partial charge >= 0.3 is 0 Å². The fourth-order valence-electron chi connectivity index (χ4n) is 3.30. The Balaban J connectivity index is 1.53. The first-order chi connectivity index (χ1) is 9.33. The van der Waals surface area contributed by atoms with Crippen molar-refractivity contribution >= 4 is 5.71 Å². The number of nitrogens with zero attached hydrogens (tertiary/aromatic N) is 2. The van der Waals surface area contributed by atoms with Gasteiger partial charge < -0.3 is 9.74 Å². The SMILES string of the molecule is CN1CCC2CC/C(=N\OCc3ccccc3)CC21. The van der Waals surface area contributed by atoms with Crippen LogP contribution in [0.4, 0.5) is 0 Å². The van der Waals surface area contributed by atoms with Crippen LogP contribution in [-0.4, -0.2) is 30.2 Å². The zero-order valence-corrected chi connectivity index (χ0v) is 11.6. The van der Waals surface area contributed by atoms with E-state index in [9.17, 15) is 0 Å². The lowest BCUT2D eigenvalue weighted by atomic mass is 9.84. The number of rotatable bonds is 3. The number of hydrogen-bond donors (Lipinski definition) is 0. The lowest BCUT2D eigenvalue weighted by molar-refractivity contribution is 0.126. The molecule has 0 N–H and O–H groups in total. The highest BCUT2D eigenvalue weighted by Crippen LogP contribution is 2.34. The Morgan fingerprint density at radius 2 is 2.11 bits per heavy atom. The van der Waals surface area contributed by atoms with E-state index in [1.165, 1.54) is 30.7 Å². The highest BCUT2D eigenvalue weighted by Gasteiger charge is 2.35. The van der Waals surface area contributed by atoms with Gasteiger partial charge in [0, 0.05) is 12.5 Å². The Bertz CT molecular complexity index is 443. The molecule has 102 valence electrons. The van der Waals surface area contributed by atoms with Crippen LogP contribution in [0.5, 0.6) is 0 Å². The summed E-state index contributed by atoms with van der Waals surface area (Å²) in [5.41, 5.74) is 2.42. The summed E-state index contributed by atoms with van der Waals surface area (Å²) in [6.45, 7) is 1.82. The number of hydrogen-bond acceptors (Lipinski definition) is 3. The van der Waals surface area contributed by atoms with Gasteiger partial charge in [-0.05, 0) is 44.3 Å². The van der Waals surface area contributed by atoms with E-state index >= 15 is 0 Å². The molecule has 2 aliphatic rings. The van der Waals surface area contributed by atoms with Crippen molar-refractivity contribution in [1.29, 1.82) is 0 Å². The predicted octanol–water partition coefficient (Wildman–Crippen LogP) is 3.06. The molecule has 0 spiro atoms. The van der Waals surface area contributed by atoms with Gasteiger partial charge in [-0.15, -0.1) is 0 Å². The summed E-state index contributed by atoms with van der Waals surface area (Å²) < 4.78 is 0. The van der Waals surface area contributed by atoms with E-state index in [2.05, 4.69) is 29.2 Å².